The van der Waals surface area contributed by atoms with Gasteiger partial charge in [-0.3, -0.25) is 24.8 Å². The lowest BCUT2D eigenvalue weighted by molar-refractivity contribution is -0.124. The number of thiazole rings is 1. The molecule has 142 valence electrons. The van der Waals surface area contributed by atoms with Gasteiger partial charge >= 0.3 is 0 Å². The minimum atomic E-state index is -0.362. The molecule has 0 radical (unpaired) electrons. The van der Waals surface area contributed by atoms with Crippen molar-refractivity contribution >= 4 is 34.0 Å². The van der Waals surface area contributed by atoms with Gasteiger partial charge < -0.3 is 10.1 Å². The third kappa shape index (κ3) is 4.49. The van der Waals surface area contributed by atoms with Crippen molar-refractivity contribution in [2.24, 2.45) is 0 Å². The van der Waals surface area contributed by atoms with E-state index in [1.807, 2.05) is 6.07 Å². The number of rotatable bonds is 5. The number of fused-ring (bicyclic) bond motifs is 1. The van der Waals surface area contributed by atoms with Gasteiger partial charge in [-0.25, -0.2) is 4.98 Å². The molecule has 1 saturated heterocycles. The molecule has 2 aliphatic rings. The molecule has 27 heavy (non-hydrogen) atoms. The second kappa shape index (κ2) is 8.12. The Hall–Kier alpha value is -2.36. The summed E-state index contributed by atoms with van der Waals surface area (Å²) in [5.41, 5.74) is 1.70. The molecule has 0 saturated carbocycles. The van der Waals surface area contributed by atoms with E-state index in [4.69, 9.17) is 4.74 Å². The largest absolute Gasteiger partial charge is 0.368 e. The van der Waals surface area contributed by atoms with E-state index in [-0.39, 0.29) is 17.9 Å². The highest BCUT2D eigenvalue weighted by molar-refractivity contribution is 7.15. The van der Waals surface area contributed by atoms with E-state index in [1.165, 1.54) is 11.3 Å². The summed E-state index contributed by atoms with van der Waals surface area (Å²) in [6.07, 6.45) is 5.37. The summed E-state index contributed by atoms with van der Waals surface area (Å²) < 4.78 is 5.41. The Balaban J connectivity index is 1.32. The van der Waals surface area contributed by atoms with Crippen LogP contribution in [-0.4, -0.2) is 52.5 Å². The summed E-state index contributed by atoms with van der Waals surface area (Å²) >= 11 is 1.48. The van der Waals surface area contributed by atoms with Gasteiger partial charge in [-0.05, 0) is 25.0 Å². The van der Waals surface area contributed by atoms with Crippen LogP contribution in [0.4, 0.5) is 10.8 Å². The summed E-state index contributed by atoms with van der Waals surface area (Å²) in [6, 6.07) is 3.60. The van der Waals surface area contributed by atoms with Crippen molar-refractivity contribution in [3.8, 4) is 0 Å². The second-order valence-corrected chi connectivity index (χ2v) is 7.71. The van der Waals surface area contributed by atoms with E-state index in [0.29, 0.717) is 30.5 Å². The Morgan fingerprint density at radius 1 is 1.37 bits per heavy atom. The zero-order valence-corrected chi connectivity index (χ0v) is 15.6. The number of hydrogen-bond donors (Lipinski definition) is 2. The lowest BCUT2D eigenvalue weighted by atomic mass is 10.2. The van der Waals surface area contributed by atoms with E-state index in [1.54, 1.807) is 18.5 Å². The Kier molecular flexibility index (Phi) is 5.42. The number of pyridine rings is 1. The van der Waals surface area contributed by atoms with Crippen LogP contribution in [0.25, 0.3) is 0 Å². The van der Waals surface area contributed by atoms with E-state index in [0.717, 1.165) is 36.4 Å². The number of carbonyl (C=O) groups is 2. The molecule has 4 rings (SSSR count). The normalized spacial score (nSPS) is 19.5. The van der Waals surface area contributed by atoms with Crippen molar-refractivity contribution in [1.82, 2.24) is 14.9 Å². The SMILES string of the molecule is O=C(CN1CCc2nc(NC(=O)C3CCCO3)sc2C1)Nc1cccnc1. The number of aromatic nitrogens is 2. The molecule has 0 bridgehead atoms. The quantitative estimate of drug-likeness (QED) is 0.810. The molecule has 2 aromatic heterocycles. The van der Waals surface area contributed by atoms with Gasteiger partial charge in [-0.1, -0.05) is 0 Å². The molecule has 1 unspecified atom stereocenters. The molecule has 2 amide bonds. The minimum Gasteiger partial charge on any atom is -0.368 e. The third-order valence-electron chi connectivity index (χ3n) is 4.58. The van der Waals surface area contributed by atoms with Crippen LogP contribution >= 0.6 is 11.3 Å². The number of nitrogens with zero attached hydrogens (tertiary/aromatic N) is 3. The van der Waals surface area contributed by atoms with Crippen LogP contribution in [0.3, 0.4) is 0 Å². The Labute approximate surface area is 161 Å². The number of nitrogens with one attached hydrogen (secondary N) is 2. The Morgan fingerprint density at radius 3 is 3.07 bits per heavy atom. The predicted octanol–water partition coefficient (Wildman–Crippen LogP) is 1.65. The van der Waals surface area contributed by atoms with Gasteiger partial charge in [0, 0.05) is 37.2 Å². The summed E-state index contributed by atoms with van der Waals surface area (Å²) in [4.78, 5) is 36.1. The number of hydrogen-bond acceptors (Lipinski definition) is 7. The van der Waals surface area contributed by atoms with Crippen molar-refractivity contribution in [3.63, 3.8) is 0 Å². The Morgan fingerprint density at radius 2 is 2.30 bits per heavy atom. The van der Waals surface area contributed by atoms with Gasteiger partial charge in [0.2, 0.25) is 5.91 Å². The summed E-state index contributed by atoms with van der Waals surface area (Å²) in [6.45, 7) is 2.37. The van der Waals surface area contributed by atoms with Gasteiger partial charge in [0.05, 0.1) is 24.1 Å². The topological polar surface area (TPSA) is 96.5 Å². The van der Waals surface area contributed by atoms with Gasteiger partial charge in [-0.15, -0.1) is 11.3 Å². The fourth-order valence-corrected chi connectivity index (χ4v) is 4.30. The van der Waals surface area contributed by atoms with Crippen LogP contribution in [0.2, 0.25) is 0 Å². The van der Waals surface area contributed by atoms with Crippen LogP contribution < -0.4 is 10.6 Å². The highest BCUT2D eigenvalue weighted by Gasteiger charge is 2.26. The van der Waals surface area contributed by atoms with Crippen LogP contribution in [0.15, 0.2) is 24.5 Å². The van der Waals surface area contributed by atoms with Crippen molar-refractivity contribution < 1.29 is 14.3 Å². The van der Waals surface area contributed by atoms with Crippen molar-refractivity contribution in [1.29, 1.82) is 0 Å². The molecule has 0 aliphatic carbocycles. The average Bonchev–Trinajstić information content (AvgIpc) is 3.31. The van der Waals surface area contributed by atoms with E-state index >= 15 is 0 Å². The van der Waals surface area contributed by atoms with Crippen molar-refractivity contribution in [2.75, 3.05) is 30.3 Å². The second-order valence-electron chi connectivity index (χ2n) is 6.63. The first-order valence-electron chi connectivity index (χ1n) is 9.00. The monoisotopic (exact) mass is 387 g/mol. The molecular formula is C18H21N5O3S. The van der Waals surface area contributed by atoms with Crippen LogP contribution in [0.1, 0.15) is 23.4 Å². The van der Waals surface area contributed by atoms with Crippen molar-refractivity contribution in [2.45, 2.75) is 31.9 Å². The van der Waals surface area contributed by atoms with Crippen LogP contribution in [-0.2, 0) is 27.3 Å². The van der Waals surface area contributed by atoms with Gasteiger partial charge in [-0.2, -0.15) is 0 Å². The van der Waals surface area contributed by atoms with Crippen LogP contribution in [0, 0.1) is 0 Å². The molecule has 4 heterocycles. The number of anilines is 2. The number of ether oxygens (including phenoxy) is 1. The minimum absolute atomic E-state index is 0.0668. The molecule has 8 nitrogen and oxygen atoms in total. The van der Waals surface area contributed by atoms with Gasteiger partial charge in [0.25, 0.3) is 5.91 Å². The molecule has 0 aromatic carbocycles. The summed E-state index contributed by atoms with van der Waals surface area (Å²) in [5, 5.41) is 6.33. The van der Waals surface area contributed by atoms with Crippen molar-refractivity contribution in [3.05, 3.63) is 35.1 Å². The fraction of sp³-hybridized carbons (Fsp3) is 0.444. The molecular weight excluding hydrogens is 366 g/mol. The molecule has 2 N–H and O–H groups in total. The first-order chi connectivity index (χ1) is 13.2. The third-order valence-corrected chi connectivity index (χ3v) is 5.57. The first-order valence-corrected chi connectivity index (χ1v) is 9.82. The highest BCUT2D eigenvalue weighted by atomic mass is 32.1. The maximum Gasteiger partial charge on any atom is 0.255 e. The summed E-state index contributed by atoms with van der Waals surface area (Å²) in [7, 11) is 0. The average molecular weight is 387 g/mol. The molecule has 9 heteroatoms. The molecule has 1 atom stereocenters. The van der Waals surface area contributed by atoms with Gasteiger partial charge in [0.1, 0.15) is 6.10 Å². The lowest BCUT2D eigenvalue weighted by Gasteiger charge is -2.25. The highest BCUT2D eigenvalue weighted by Crippen LogP contribution is 2.28. The predicted molar refractivity (Wildman–Crippen MR) is 102 cm³/mol. The molecule has 2 aromatic rings. The first kappa shape index (κ1) is 18.0. The van der Waals surface area contributed by atoms with Gasteiger partial charge in [0.15, 0.2) is 5.13 Å². The smallest absolute Gasteiger partial charge is 0.255 e. The summed E-state index contributed by atoms with van der Waals surface area (Å²) in [5.74, 6) is -0.186. The Bertz CT molecular complexity index is 820. The number of carbonyl (C=O) groups excluding carboxylic acids is 2. The standard InChI is InChI=1S/C18H21N5O3S/c24-16(20-12-3-1-6-19-9-12)11-23-7-5-13-15(10-23)27-18(21-13)22-17(25)14-4-2-8-26-14/h1,3,6,9,14H,2,4-5,7-8,10-11H2,(H,20,24)(H,21,22,25). The lowest BCUT2D eigenvalue weighted by Crippen LogP contribution is -2.36. The molecule has 2 aliphatic heterocycles. The zero-order chi connectivity index (χ0) is 18.6. The maximum absolute atomic E-state index is 12.2. The molecule has 1 fully saturated rings. The van der Waals surface area contributed by atoms with E-state index in [2.05, 4.69) is 25.5 Å². The van der Waals surface area contributed by atoms with E-state index in [9.17, 15) is 9.59 Å². The fourth-order valence-electron chi connectivity index (χ4n) is 3.25. The number of amides is 2. The van der Waals surface area contributed by atoms with Crippen LogP contribution in [0.5, 0.6) is 0 Å². The zero-order valence-electron chi connectivity index (χ0n) is 14.8. The maximum atomic E-state index is 12.2. The molecule has 0 spiro atoms. The van der Waals surface area contributed by atoms with E-state index < -0.39 is 0 Å².